The van der Waals surface area contributed by atoms with Crippen LogP contribution in [-0.4, -0.2) is 5.88 Å². The maximum absolute atomic E-state index is 12.9. The molecular weight excluding hydrogens is 266 g/mol. The van der Waals surface area contributed by atoms with Crippen molar-refractivity contribution in [2.75, 3.05) is 5.88 Å². The molecule has 0 nitrogen and oxygen atoms in total. The standard InChI is InChI=1S/C11H13BrClF/c1-8(7-13)2-3-9-6-10(14)4-5-11(9)12/h4-6,8H,2-3,7H2,1H3. The van der Waals surface area contributed by atoms with Crippen molar-refractivity contribution in [2.24, 2.45) is 5.92 Å². The van der Waals surface area contributed by atoms with E-state index in [1.807, 2.05) is 0 Å². The highest BCUT2D eigenvalue weighted by Crippen LogP contribution is 2.21. The molecule has 78 valence electrons. The smallest absolute Gasteiger partial charge is 0.123 e. The van der Waals surface area contributed by atoms with E-state index in [1.165, 1.54) is 6.07 Å². The first kappa shape index (κ1) is 12.0. The Hall–Kier alpha value is -0.0800. The Bertz CT molecular complexity index is 301. The summed E-state index contributed by atoms with van der Waals surface area (Å²) in [6, 6.07) is 4.78. The summed E-state index contributed by atoms with van der Waals surface area (Å²) in [5, 5.41) is 0. The van der Waals surface area contributed by atoms with Crippen LogP contribution in [-0.2, 0) is 6.42 Å². The van der Waals surface area contributed by atoms with Gasteiger partial charge in [0, 0.05) is 10.4 Å². The zero-order chi connectivity index (χ0) is 10.6. The minimum Gasteiger partial charge on any atom is -0.207 e. The molecule has 0 aliphatic carbocycles. The van der Waals surface area contributed by atoms with E-state index in [0.29, 0.717) is 11.8 Å². The molecule has 1 atom stereocenters. The summed E-state index contributed by atoms with van der Waals surface area (Å²) >= 11 is 9.11. The zero-order valence-corrected chi connectivity index (χ0v) is 10.4. The summed E-state index contributed by atoms with van der Waals surface area (Å²) < 4.78 is 13.9. The predicted octanol–water partition coefficient (Wildman–Crippen LogP) is 4.40. The molecule has 0 aliphatic heterocycles. The summed E-state index contributed by atoms with van der Waals surface area (Å²) in [4.78, 5) is 0. The zero-order valence-electron chi connectivity index (χ0n) is 8.06. The lowest BCUT2D eigenvalue weighted by Crippen LogP contribution is -1.99. The molecule has 1 rings (SSSR count). The van der Waals surface area contributed by atoms with Crippen LogP contribution in [0.4, 0.5) is 4.39 Å². The van der Waals surface area contributed by atoms with Gasteiger partial charge >= 0.3 is 0 Å². The summed E-state index contributed by atoms with van der Waals surface area (Å²) in [7, 11) is 0. The van der Waals surface area contributed by atoms with Crippen molar-refractivity contribution in [3.8, 4) is 0 Å². The Morgan fingerprint density at radius 3 is 2.86 bits per heavy atom. The van der Waals surface area contributed by atoms with Gasteiger partial charge in [0.15, 0.2) is 0 Å². The third kappa shape index (κ3) is 3.58. The van der Waals surface area contributed by atoms with Gasteiger partial charge in [0.05, 0.1) is 0 Å². The molecule has 0 aromatic heterocycles. The molecule has 0 saturated heterocycles. The molecule has 0 N–H and O–H groups in total. The SMILES string of the molecule is CC(CCl)CCc1cc(F)ccc1Br. The minimum atomic E-state index is -0.179. The molecule has 1 aromatic rings. The van der Waals surface area contributed by atoms with E-state index in [4.69, 9.17) is 11.6 Å². The van der Waals surface area contributed by atoms with Crippen molar-refractivity contribution >= 4 is 27.5 Å². The van der Waals surface area contributed by atoms with E-state index in [-0.39, 0.29) is 5.82 Å². The van der Waals surface area contributed by atoms with Gasteiger partial charge in [0.25, 0.3) is 0 Å². The molecule has 0 aliphatic rings. The van der Waals surface area contributed by atoms with E-state index in [1.54, 1.807) is 12.1 Å². The van der Waals surface area contributed by atoms with Gasteiger partial charge in [0.1, 0.15) is 5.82 Å². The lowest BCUT2D eigenvalue weighted by Gasteiger charge is -2.08. The highest BCUT2D eigenvalue weighted by molar-refractivity contribution is 9.10. The van der Waals surface area contributed by atoms with Crippen molar-refractivity contribution in [3.05, 3.63) is 34.1 Å². The van der Waals surface area contributed by atoms with Crippen molar-refractivity contribution in [1.29, 1.82) is 0 Å². The van der Waals surface area contributed by atoms with E-state index >= 15 is 0 Å². The molecular formula is C11H13BrClF. The second-order valence-electron chi connectivity index (χ2n) is 3.53. The molecule has 1 unspecified atom stereocenters. The van der Waals surface area contributed by atoms with Crippen molar-refractivity contribution in [2.45, 2.75) is 19.8 Å². The van der Waals surface area contributed by atoms with Gasteiger partial charge in [-0.3, -0.25) is 0 Å². The summed E-state index contributed by atoms with van der Waals surface area (Å²) in [6.45, 7) is 2.10. The van der Waals surface area contributed by atoms with E-state index in [2.05, 4.69) is 22.9 Å². The average molecular weight is 280 g/mol. The molecule has 0 heterocycles. The first-order valence-corrected chi connectivity index (χ1v) is 5.96. The number of benzene rings is 1. The average Bonchev–Trinajstić information content (AvgIpc) is 2.19. The quantitative estimate of drug-likeness (QED) is 0.717. The van der Waals surface area contributed by atoms with Gasteiger partial charge < -0.3 is 0 Å². The normalized spacial score (nSPS) is 12.9. The van der Waals surface area contributed by atoms with Crippen LogP contribution in [0.1, 0.15) is 18.9 Å². The van der Waals surface area contributed by atoms with Gasteiger partial charge in [-0.25, -0.2) is 4.39 Å². The van der Waals surface area contributed by atoms with Crippen molar-refractivity contribution in [1.82, 2.24) is 0 Å². The molecule has 0 bridgehead atoms. The van der Waals surface area contributed by atoms with Gasteiger partial charge in [0.2, 0.25) is 0 Å². The maximum Gasteiger partial charge on any atom is 0.123 e. The number of hydrogen-bond donors (Lipinski definition) is 0. The number of halogens is 3. The van der Waals surface area contributed by atoms with Gasteiger partial charge in [-0.05, 0) is 42.5 Å². The van der Waals surface area contributed by atoms with Crippen LogP contribution in [0.3, 0.4) is 0 Å². The summed E-state index contributed by atoms with van der Waals surface area (Å²) in [5.74, 6) is 0.959. The number of rotatable bonds is 4. The van der Waals surface area contributed by atoms with Crippen LogP contribution < -0.4 is 0 Å². The molecule has 14 heavy (non-hydrogen) atoms. The first-order valence-electron chi connectivity index (χ1n) is 4.63. The Kier molecular flexibility index (Phi) is 4.90. The number of aryl methyl sites for hydroxylation is 1. The van der Waals surface area contributed by atoms with Crippen LogP contribution in [0.2, 0.25) is 0 Å². The Morgan fingerprint density at radius 1 is 1.50 bits per heavy atom. The second kappa shape index (κ2) is 5.72. The molecule has 0 spiro atoms. The van der Waals surface area contributed by atoms with Gasteiger partial charge in [-0.1, -0.05) is 22.9 Å². The largest absolute Gasteiger partial charge is 0.207 e. The Balaban J connectivity index is 2.62. The van der Waals surface area contributed by atoms with Crippen molar-refractivity contribution < 1.29 is 4.39 Å². The molecule has 3 heteroatoms. The summed E-state index contributed by atoms with van der Waals surface area (Å²) in [6.07, 6.45) is 1.86. The highest BCUT2D eigenvalue weighted by atomic mass is 79.9. The van der Waals surface area contributed by atoms with E-state index in [0.717, 1.165) is 22.9 Å². The molecule has 0 radical (unpaired) electrons. The minimum absolute atomic E-state index is 0.179. The number of alkyl halides is 1. The second-order valence-corrected chi connectivity index (χ2v) is 4.70. The molecule has 0 amide bonds. The predicted molar refractivity (Wildman–Crippen MR) is 62.3 cm³/mol. The van der Waals surface area contributed by atoms with Crippen LogP contribution in [0.5, 0.6) is 0 Å². The Morgan fingerprint density at radius 2 is 2.21 bits per heavy atom. The van der Waals surface area contributed by atoms with Gasteiger partial charge in [-0.15, -0.1) is 11.6 Å². The van der Waals surface area contributed by atoms with E-state index in [9.17, 15) is 4.39 Å². The van der Waals surface area contributed by atoms with Gasteiger partial charge in [-0.2, -0.15) is 0 Å². The third-order valence-corrected chi connectivity index (χ3v) is 3.48. The molecule has 0 saturated carbocycles. The summed E-state index contributed by atoms with van der Waals surface area (Å²) in [5.41, 5.74) is 1.02. The third-order valence-electron chi connectivity index (χ3n) is 2.18. The maximum atomic E-state index is 12.9. The first-order chi connectivity index (χ1) is 6.63. The van der Waals surface area contributed by atoms with Crippen LogP contribution in [0.25, 0.3) is 0 Å². The van der Waals surface area contributed by atoms with Crippen LogP contribution in [0.15, 0.2) is 22.7 Å². The molecule has 0 fully saturated rings. The van der Waals surface area contributed by atoms with E-state index < -0.39 is 0 Å². The fourth-order valence-corrected chi connectivity index (χ4v) is 1.81. The monoisotopic (exact) mass is 278 g/mol. The lowest BCUT2D eigenvalue weighted by atomic mass is 10.0. The fraction of sp³-hybridized carbons (Fsp3) is 0.455. The fourth-order valence-electron chi connectivity index (χ4n) is 1.21. The van der Waals surface area contributed by atoms with Crippen LogP contribution in [0, 0.1) is 11.7 Å². The topological polar surface area (TPSA) is 0 Å². The Labute approximate surface area is 97.6 Å². The highest BCUT2D eigenvalue weighted by Gasteiger charge is 2.05. The number of hydrogen-bond acceptors (Lipinski definition) is 0. The van der Waals surface area contributed by atoms with Crippen LogP contribution >= 0.6 is 27.5 Å². The molecule has 1 aromatic carbocycles. The lowest BCUT2D eigenvalue weighted by molar-refractivity contribution is 0.586. The van der Waals surface area contributed by atoms with Crippen molar-refractivity contribution in [3.63, 3.8) is 0 Å².